The molecule has 3 aromatic rings. The van der Waals surface area contributed by atoms with Gasteiger partial charge in [0.15, 0.2) is 5.13 Å². The van der Waals surface area contributed by atoms with Gasteiger partial charge in [-0.05, 0) is 48.6 Å². The summed E-state index contributed by atoms with van der Waals surface area (Å²) in [6, 6.07) is 10.1. The van der Waals surface area contributed by atoms with E-state index < -0.39 is 11.7 Å². The Labute approximate surface area is 230 Å². The van der Waals surface area contributed by atoms with Crippen molar-refractivity contribution in [1.82, 2.24) is 9.88 Å². The van der Waals surface area contributed by atoms with Crippen LogP contribution in [0.15, 0.2) is 41.8 Å². The van der Waals surface area contributed by atoms with E-state index in [1.165, 1.54) is 17.4 Å². The lowest BCUT2D eigenvalue weighted by molar-refractivity contribution is -0.139. The first-order valence-corrected chi connectivity index (χ1v) is 14.1. The molecule has 0 radical (unpaired) electrons. The monoisotopic (exact) mass is 559 g/mol. The topological polar surface area (TPSA) is 54.9 Å². The minimum atomic E-state index is -4.57. The number of alkyl halides is 3. The molecule has 1 aromatic heterocycles. The van der Waals surface area contributed by atoms with Gasteiger partial charge in [0.05, 0.1) is 24.5 Å². The molecule has 0 unspecified atom stereocenters. The van der Waals surface area contributed by atoms with Gasteiger partial charge in [0.1, 0.15) is 18.6 Å². The second-order valence-electron chi connectivity index (χ2n) is 10.1. The van der Waals surface area contributed by atoms with Gasteiger partial charge in [0.2, 0.25) is 0 Å². The van der Waals surface area contributed by atoms with Crippen molar-refractivity contribution in [3.05, 3.63) is 64.0 Å². The number of aryl methyl sites for hydroxylation is 1. The second-order valence-corrected chi connectivity index (χ2v) is 10.9. The molecule has 0 atom stereocenters. The van der Waals surface area contributed by atoms with Crippen LogP contribution in [0.3, 0.4) is 0 Å². The van der Waals surface area contributed by atoms with Crippen LogP contribution in [0.25, 0.3) is 11.3 Å². The van der Waals surface area contributed by atoms with Gasteiger partial charge in [-0.3, -0.25) is 4.90 Å². The van der Waals surface area contributed by atoms with Crippen LogP contribution >= 0.6 is 11.3 Å². The number of hydrogen-bond acceptors (Lipinski definition) is 7. The van der Waals surface area contributed by atoms with Crippen molar-refractivity contribution in [2.45, 2.75) is 39.1 Å². The van der Waals surface area contributed by atoms with Crippen molar-refractivity contribution in [1.29, 1.82) is 0 Å². The van der Waals surface area contributed by atoms with E-state index in [2.05, 4.69) is 20.9 Å². The Morgan fingerprint density at radius 1 is 1.13 bits per heavy atom. The van der Waals surface area contributed by atoms with Gasteiger partial charge >= 0.3 is 6.18 Å². The van der Waals surface area contributed by atoms with Crippen LogP contribution in [0, 0.1) is 12.8 Å². The molecule has 2 aliphatic heterocycles. The first kappa shape index (κ1) is 27.6. The van der Waals surface area contributed by atoms with E-state index in [4.69, 9.17) is 9.47 Å². The number of piperidine rings is 1. The molecule has 0 aliphatic carbocycles. The molecule has 39 heavy (non-hydrogen) atoms. The molecule has 0 spiro atoms. The van der Waals surface area contributed by atoms with E-state index in [1.54, 1.807) is 11.4 Å². The highest BCUT2D eigenvalue weighted by Crippen LogP contribution is 2.43. The quantitative estimate of drug-likeness (QED) is 0.318. The van der Waals surface area contributed by atoms with Gasteiger partial charge < -0.3 is 19.2 Å². The zero-order valence-corrected chi connectivity index (χ0v) is 22.7. The first-order chi connectivity index (χ1) is 18.8. The summed E-state index contributed by atoms with van der Waals surface area (Å²) in [4.78, 5) is 20.2. The number of aldehydes is 1. The fourth-order valence-corrected chi connectivity index (χ4v) is 5.94. The second kappa shape index (κ2) is 12.1. The van der Waals surface area contributed by atoms with Crippen LogP contribution in [0.5, 0.6) is 5.75 Å². The van der Waals surface area contributed by atoms with Crippen LogP contribution in [0.2, 0.25) is 0 Å². The van der Waals surface area contributed by atoms with Crippen LogP contribution < -0.4 is 9.64 Å². The number of para-hydroxylation sites is 1. The summed E-state index contributed by atoms with van der Waals surface area (Å²) in [5.74, 6) is -0.153. The fourth-order valence-electron chi connectivity index (χ4n) is 5.06. The van der Waals surface area contributed by atoms with Crippen molar-refractivity contribution in [2.24, 2.45) is 5.92 Å². The molecule has 0 bridgehead atoms. The van der Waals surface area contributed by atoms with Crippen molar-refractivity contribution in [3.63, 3.8) is 0 Å². The van der Waals surface area contributed by atoms with E-state index in [0.717, 1.165) is 79.9 Å². The maximum absolute atomic E-state index is 14.0. The molecule has 5 rings (SSSR count). The number of thiazole rings is 1. The molecular formula is C29H32F3N3O3S. The van der Waals surface area contributed by atoms with Crippen molar-refractivity contribution in [3.8, 4) is 17.0 Å². The lowest BCUT2D eigenvalue weighted by Gasteiger charge is -2.29. The molecule has 2 aliphatic rings. The Morgan fingerprint density at radius 3 is 2.59 bits per heavy atom. The number of anilines is 1. The number of nitrogens with zero attached hydrogens (tertiary/aromatic N) is 3. The van der Waals surface area contributed by atoms with Crippen molar-refractivity contribution >= 4 is 22.8 Å². The number of rotatable bonds is 8. The molecule has 6 nitrogen and oxygen atoms in total. The number of benzene rings is 2. The number of carbonyl (C=O) groups excluding carboxylic acids is 1. The minimum absolute atomic E-state index is 0.0139. The van der Waals surface area contributed by atoms with E-state index in [0.29, 0.717) is 24.3 Å². The summed E-state index contributed by atoms with van der Waals surface area (Å²) in [6.07, 6.45) is -2.07. The zero-order valence-electron chi connectivity index (χ0n) is 21.9. The molecule has 0 saturated carbocycles. The highest BCUT2D eigenvalue weighted by atomic mass is 32.1. The summed E-state index contributed by atoms with van der Waals surface area (Å²) in [5, 5.41) is 2.51. The molecule has 3 heterocycles. The third-order valence-electron chi connectivity index (χ3n) is 7.38. The van der Waals surface area contributed by atoms with Gasteiger partial charge in [-0.1, -0.05) is 24.3 Å². The van der Waals surface area contributed by atoms with Crippen LogP contribution in [-0.2, 0) is 28.9 Å². The van der Waals surface area contributed by atoms with Gasteiger partial charge in [-0.15, -0.1) is 11.3 Å². The predicted molar refractivity (Wildman–Crippen MR) is 145 cm³/mol. The third kappa shape index (κ3) is 6.62. The number of aromatic nitrogens is 1. The third-order valence-corrected chi connectivity index (χ3v) is 8.28. The molecule has 2 aromatic carbocycles. The maximum atomic E-state index is 14.0. The first-order valence-electron chi connectivity index (χ1n) is 13.2. The zero-order chi connectivity index (χ0) is 27.4. The average Bonchev–Trinajstić information content (AvgIpc) is 3.43. The maximum Gasteiger partial charge on any atom is 0.419 e. The summed E-state index contributed by atoms with van der Waals surface area (Å²) >= 11 is 1.39. The van der Waals surface area contributed by atoms with E-state index in [9.17, 15) is 18.0 Å². The van der Waals surface area contributed by atoms with E-state index in [1.807, 2.05) is 19.1 Å². The summed E-state index contributed by atoms with van der Waals surface area (Å²) in [7, 11) is 0. The normalized spacial score (nSPS) is 17.4. The number of halogens is 3. The lowest BCUT2D eigenvalue weighted by atomic mass is 9.99. The van der Waals surface area contributed by atoms with Crippen molar-refractivity contribution < 1.29 is 27.4 Å². The Bertz CT molecular complexity index is 1280. The molecule has 2 fully saturated rings. The molecule has 0 amide bonds. The Balaban J connectivity index is 1.36. The van der Waals surface area contributed by atoms with Gasteiger partial charge in [0.25, 0.3) is 0 Å². The highest BCUT2D eigenvalue weighted by molar-refractivity contribution is 7.14. The smallest absolute Gasteiger partial charge is 0.419 e. The molecule has 0 N–H and O–H groups in total. The SMILES string of the molecule is Cc1cc(CN2CCOCC2)ccc1COc1c(-c2csc(N3CCC(C=O)CC3)n2)cccc1C(F)(F)F. The van der Waals surface area contributed by atoms with Gasteiger partial charge in [-0.25, -0.2) is 4.98 Å². The van der Waals surface area contributed by atoms with E-state index >= 15 is 0 Å². The van der Waals surface area contributed by atoms with Crippen LogP contribution in [0.4, 0.5) is 18.3 Å². The fraction of sp³-hybridized carbons (Fsp3) is 0.448. The summed E-state index contributed by atoms with van der Waals surface area (Å²) in [5.41, 5.74) is 2.91. The lowest BCUT2D eigenvalue weighted by Crippen LogP contribution is -2.35. The average molecular weight is 560 g/mol. The highest BCUT2D eigenvalue weighted by Gasteiger charge is 2.36. The Hall–Kier alpha value is -2.95. The standard InChI is InChI=1S/C29H32F3N3O3S/c1-20-15-22(16-34-11-13-37-14-12-34)5-6-23(20)18-38-27-24(3-2-4-25(27)29(30,31)32)26-19-39-28(33-26)35-9-7-21(17-36)8-10-35/h2-6,15,17,19,21H,7-14,16,18H2,1H3. The predicted octanol–water partition coefficient (Wildman–Crippen LogP) is 5.96. The number of carbonyl (C=O) groups is 1. The number of morpholine rings is 1. The van der Waals surface area contributed by atoms with Crippen LogP contribution in [0.1, 0.15) is 35.1 Å². The molecule has 2 saturated heterocycles. The Morgan fingerprint density at radius 2 is 1.90 bits per heavy atom. The molecule has 10 heteroatoms. The molecule has 208 valence electrons. The minimum Gasteiger partial charge on any atom is -0.488 e. The Kier molecular flexibility index (Phi) is 8.54. The van der Waals surface area contributed by atoms with Crippen molar-refractivity contribution in [2.75, 3.05) is 44.3 Å². The van der Waals surface area contributed by atoms with Crippen LogP contribution in [-0.4, -0.2) is 55.6 Å². The summed E-state index contributed by atoms with van der Waals surface area (Å²) < 4.78 is 53.5. The largest absolute Gasteiger partial charge is 0.488 e. The van der Waals surface area contributed by atoms with Gasteiger partial charge in [-0.2, -0.15) is 13.2 Å². The van der Waals surface area contributed by atoms with E-state index in [-0.39, 0.29) is 18.3 Å². The number of hydrogen-bond donors (Lipinski definition) is 0. The van der Waals surface area contributed by atoms with Gasteiger partial charge in [0, 0.05) is 49.6 Å². The molecular weight excluding hydrogens is 527 g/mol. The number of ether oxygens (including phenoxy) is 2. The summed E-state index contributed by atoms with van der Waals surface area (Å²) in [6.45, 7) is 7.40.